The van der Waals surface area contributed by atoms with Gasteiger partial charge in [-0.3, -0.25) is 0 Å². The molecule has 1 aliphatic rings. The van der Waals surface area contributed by atoms with Crippen molar-refractivity contribution in [1.29, 1.82) is 0 Å². The highest BCUT2D eigenvalue weighted by atomic mass is 35.5. The molecule has 6 heteroatoms. The summed E-state index contributed by atoms with van der Waals surface area (Å²) in [4.78, 5) is 0. The van der Waals surface area contributed by atoms with Crippen molar-refractivity contribution in [2.45, 2.75) is 30.3 Å². The lowest BCUT2D eigenvalue weighted by molar-refractivity contribution is -0.0327. The zero-order valence-electron chi connectivity index (χ0n) is 10.2. The van der Waals surface area contributed by atoms with Gasteiger partial charge in [-0.25, -0.2) is 0 Å². The highest BCUT2D eigenvalue weighted by molar-refractivity contribution is 8.00. The van der Waals surface area contributed by atoms with Crippen LogP contribution in [0, 0.1) is 0 Å². The molecule has 0 aliphatic heterocycles. The Hall–Kier alpha value is -0.390. The number of thioether (sulfide) groups is 1. The van der Waals surface area contributed by atoms with Gasteiger partial charge in [0.15, 0.2) is 0 Å². The van der Waals surface area contributed by atoms with Crippen molar-refractivity contribution in [1.82, 2.24) is 5.32 Å². The van der Waals surface area contributed by atoms with E-state index in [-0.39, 0.29) is 17.5 Å². The summed E-state index contributed by atoms with van der Waals surface area (Å²) >= 11 is 5.96. The van der Waals surface area contributed by atoms with Crippen LogP contribution in [0.25, 0.3) is 0 Å². The van der Waals surface area contributed by atoms with Gasteiger partial charge in [-0.2, -0.15) is 13.2 Å². The van der Waals surface area contributed by atoms with Crippen LogP contribution < -0.4 is 5.32 Å². The van der Waals surface area contributed by atoms with Gasteiger partial charge in [0.05, 0.1) is 0 Å². The molecule has 1 aromatic carbocycles. The SMILES string of the molecule is FC(F)(F)SCCNC1CC(c2cccc(Cl)c2)C1. The Balaban J connectivity index is 1.64. The molecule has 1 saturated carbocycles. The summed E-state index contributed by atoms with van der Waals surface area (Å²) in [5.41, 5.74) is -2.90. The normalized spacial score (nSPS) is 23.2. The molecule has 0 unspecified atom stereocenters. The Labute approximate surface area is 119 Å². The first-order valence-corrected chi connectivity index (χ1v) is 7.50. The average molecular weight is 310 g/mol. The summed E-state index contributed by atoms with van der Waals surface area (Å²) < 4.78 is 35.8. The molecule has 0 spiro atoms. The van der Waals surface area contributed by atoms with E-state index in [2.05, 4.69) is 5.32 Å². The molecule has 19 heavy (non-hydrogen) atoms. The average Bonchev–Trinajstić information content (AvgIpc) is 2.24. The van der Waals surface area contributed by atoms with E-state index < -0.39 is 5.51 Å². The molecule has 0 saturated heterocycles. The lowest BCUT2D eigenvalue weighted by Crippen LogP contribution is -2.41. The van der Waals surface area contributed by atoms with E-state index >= 15 is 0 Å². The number of alkyl halides is 3. The van der Waals surface area contributed by atoms with Crippen molar-refractivity contribution in [3.05, 3.63) is 34.9 Å². The van der Waals surface area contributed by atoms with Crippen LogP contribution in [0.3, 0.4) is 0 Å². The molecule has 1 aliphatic carbocycles. The Bertz CT molecular complexity index is 419. The molecule has 0 bridgehead atoms. The van der Waals surface area contributed by atoms with Crippen molar-refractivity contribution in [2.75, 3.05) is 12.3 Å². The second-order valence-corrected chi connectivity index (χ2v) is 6.26. The van der Waals surface area contributed by atoms with Crippen molar-refractivity contribution in [3.63, 3.8) is 0 Å². The van der Waals surface area contributed by atoms with E-state index in [9.17, 15) is 13.2 Å². The third kappa shape index (κ3) is 4.89. The Morgan fingerprint density at radius 1 is 1.32 bits per heavy atom. The lowest BCUT2D eigenvalue weighted by Gasteiger charge is -2.36. The number of nitrogens with one attached hydrogen (secondary N) is 1. The number of benzene rings is 1. The smallest absolute Gasteiger partial charge is 0.313 e. The van der Waals surface area contributed by atoms with E-state index in [4.69, 9.17) is 11.6 Å². The Kier molecular flexibility index (Phi) is 5.03. The number of hydrogen-bond acceptors (Lipinski definition) is 2. The molecule has 0 atom stereocenters. The van der Waals surface area contributed by atoms with Crippen LogP contribution in [-0.2, 0) is 0 Å². The first-order valence-electron chi connectivity index (χ1n) is 6.13. The van der Waals surface area contributed by atoms with Gasteiger partial charge < -0.3 is 5.32 Å². The van der Waals surface area contributed by atoms with Crippen LogP contribution in [0.2, 0.25) is 5.02 Å². The van der Waals surface area contributed by atoms with Crippen LogP contribution in [0.4, 0.5) is 13.2 Å². The molecule has 1 nitrogen and oxygen atoms in total. The van der Waals surface area contributed by atoms with Crippen molar-refractivity contribution >= 4 is 23.4 Å². The highest BCUT2D eigenvalue weighted by Gasteiger charge is 2.31. The van der Waals surface area contributed by atoms with Gasteiger partial charge in [0.2, 0.25) is 0 Å². The van der Waals surface area contributed by atoms with Crippen LogP contribution in [0.5, 0.6) is 0 Å². The molecular weight excluding hydrogens is 295 g/mol. The minimum atomic E-state index is -4.12. The van der Waals surface area contributed by atoms with Gasteiger partial charge in [-0.05, 0) is 48.2 Å². The van der Waals surface area contributed by atoms with Crippen molar-refractivity contribution in [2.24, 2.45) is 0 Å². The fourth-order valence-electron chi connectivity index (χ4n) is 2.25. The Morgan fingerprint density at radius 2 is 2.05 bits per heavy atom. The van der Waals surface area contributed by atoms with E-state index in [1.54, 1.807) is 0 Å². The monoisotopic (exact) mass is 309 g/mol. The predicted octanol–water partition coefficient (Wildman–Crippen LogP) is 4.43. The quantitative estimate of drug-likeness (QED) is 0.808. The van der Waals surface area contributed by atoms with Gasteiger partial charge >= 0.3 is 5.51 Å². The summed E-state index contributed by atoms with van der Waals surface area (Å²) in [7, 11) is 0. The summed E-state index contributed by atoms with van der Waals surface area (Å²) in [6, 6.07) is 8.11. The first-order chi connectivity index (χ1) is 8.94. The lowest BCUT2D eigenvalue weighted by atomic mass is 9.76. The van der Waals surface area contributed by atoms with E-state index in [1.165, 1.54) is 5.56 Å². The zero-order valence-corrected chi connectivity index (χ0v) is 11.8. The second-order valence-electron chi connectivity index (χ2n) is 4.67. The molecule has 0 aromatic heterocycles. The maximum absolute atomic E-state index is 11.9. The van der Waals surface area contributed by atoms with Gasteiger partial charge in [-0.15, -0.1) is 0 Å². The van der Waals surface area contributed by atoms with Crippen LogP contribution in [0.15, 0.2) is 24.3 Å². The Morgan fingerprint density at radius 3 is 2.68 bits per heavy atom. The summed E-state index contributed by atoms with van der Waals surface area (Å²) in [6.07, 6.45) is 1.94. The van der Waals surface area contributed by atoms with Crippen LogP contribution in [0.1, 0.15) is 24.3 Å². The van der Waals surface area contributed by atoms with E-state index in [0.717, 1.165) is 17.9 Å². The summed E-state index contributed by atoms with van der Waals surface area (Å²) in [5.74, 6) is 0.549. The fraction of sp³-hybridized carbons (Fsp3) is 0.538. The van der Waals surface area contributed by atoms with Gasteiger partial charge in [0.25, 0.3) is 0 Å². The maximum atomic E-state index is 11.9. The predicted molar refractivity (Wildman–Crippen MR) is 73.7 cm³/mol. The molecule has 1 aromatic rings. The van der Waals surface area contributed by atoms with E-state index in [0.29, 0.717) is 18.5 Å². The topological polar surface area (TPSA) is 12.0 Å². The minimum Gasteiger partial charge on any atom is -0.313 e. The molecule has 106 valence electrons. The van der Waals surface area contributed by atoms with Crippen LogP contribution >= 0.6 is 23.4 Å². The van der Waals surface area contributed by atoms with Crippen molar-refractivity contribution in [3.8, 4) is 0 Å². The zero-order chi connectivity index (χ0) is 13.9. The molecule has 2 rings (SSSR count). The maximum Gasteiger partial charge on any atom is 0.441 e. The van der Waals surface area contributed by atoms with Crippen LogP contribution in [-0.4, -0.2) is 23.8 Å². The standard InChI is InChI=1S/C13H15ClF3NS/c14-11-3-1-2-9(6-11)10-7-12(8-10)18-4-5-19-13(15,16)17/h1-3,6,10,12,18H,4-5,7-8H2. The minimum absolute atomic E-state index is 0.0293. The molecule has 1 fully saturated rings. The van der Waals surface area contributed by atoms with Crippen molar-refractivity contribution < 1.29 is 13.2 Å². The molecular formula is C13H15ClF3NS. The van der Waals surface area contributed by atoms with Gasteiger partial charge in [-0.1, -0.05) is 23.7 Å². The van der Waals surface area contributed by atoms with Gasteiger partial charge in [0.1, 0.15) is 0 Å². The molecule has 1 N–H and O–H groups in total. The number of halogens is 4. The summed E-state index contributed by atoms with van der Waals surface area (Å²) in [5, 5.41) is 3.88. The molecule has 0 amide bonds. The fourth-order valence-corrected chi connectivity index (χ4v) is 2.90. The first kappa shape index (κ1) is 15.0. The largest absolute Gasteiger partial charge is 0.441 e. The number of hydrogen-bond donors (Lipinski definition) is 1. The molecule has 0 heterocycles. The van der Waals surface area contributed by atoms with E-state index in [1.807, 2.05) is 24.3 Å². The second kappa shape index (κ2) is 6.37. The third-order valence-corrected chi connectivity index (χ3v) is 4.23. The third-order valence-electron chi connectivity index (χ3n) is 3.26. The summed E-state index contributed by atoms with van der Waals surface area (Å²) in [6.45, 7) is 0.400. The molecule has 0 radical (unpaired) electrons. The number of rotatable bonds is 5. The van der Waals surface area contributed by atoms with Gasteiger partial charge in [0, 0.05) is 23.4 Å². The highest BCUT2D eigenvalue weighted by Crippen LogP contribution is 2.37.